The number of hydrogen-bond acceptors (Lipinski definition) is 4. The number of carbonyl (C=O) groups is 1. The van der Waals surface area contributed by atoms with Crippen molar-refractivity contribution >= 4 is 63.2 Å². The first-order chi connectivity index (χ1) is 39.5. The van der Waals surface area contributed by atoms with Crippen LogP contribution in [-0.2, 0) is 22.2 Å². The van der Waals surface area contributed by atoms with Gasteiger partial charge in [-0.2, -0.15) is 0 Å². The van der Waals surface area contributed by atoms with E-state index in [9.17, 15) is 0 Å². The van der Waals surface area contributed by atoms with Crippen molar-refractivity contribution in [3.05, 3.63) is 258 Å². The van der Waals surface area contributed by atoms with Crippen LogP contribution in [0.5, 0.6) is 0 Å². The van der Waals surface area contributed by atoms with Gasteiger partial charge < -0.3 is 14.5 Å². The fourth-order valence-corrected chi connectivity index (χ4v) is 13.9. The van der Waals surface area contributed by atoms with Crippen LogP contribution in [-0.4, -0.2) is 12.7 Å². The lowest BCUT2D eigenvalue weighted by Crippen LogP contribution is -2.62. The van der Waals surface area contributed by atoms with Crippen molar-refractivity contribution in [2.24, 2.45) is 0 Å². The van der Waals surface area contributed by atoms with Crippen LogP contribution in [0.25, 0.3) is 44.5 Å². The van der Waals surface area contributed by atoms with Crippen LogP contribution < -0.4 is 26.2 Å². The van der Waals surface area contributed by atoms with Crippen molar-refractivity contribution < 1.29 is 9.53 Å². The van der Waals surface area contributed by atoms with E-state index in [0.717, 1.165) is 97.0 Å². The Morgan fingerprint density at radius 1 is 0.444 bits per heavy atom. The van der Waals surface area contributed by atoms with Gasteiger partial charge in [-0.3, -0.25) is 0 Å². The summed E-state index contributed by atoms with van der Waals surface area (Å²) in [4.78, 5) is 20.4. The van der Waals surface area contributed by atoms with E-state index in [2.05, 4.69) is 238 Å². The number of rotatable bonds is 10. The third-order valence-electron chi connectivity index (χ3n) is 18.4. The summed E-state index contributed by atoms with van der Waals surface area (Å²) < 4.78 is 6.43. The maximum absolute atomic E-state index is 15.4. The molecule has 396 valence electrons. The molecule has 4 nitrogen and oxygen atoms in total. The van der Waals surface area contributed by atoms with Crippen LogP contribution in [0.1, 0.15) is 111 Å². The first-order valence-corrected chi connectivity index (χ1v) is 29.4. The lowest BCUT2D eigenvalue weighted by Gasteiger charge is -2.47. The van der Waals surface area contributed by atoms with Crippen LogP contribution in [0.15, 0.2) is 231 Å². The standard InChI is InChI=1S/C76H67BN2O2/c1-75(2)37-38-76(3,4)66-49-70-68(48-65(66)75)77-67-36-35-57(52-25-13-6-14-26-52)45-69(67)78(63-41-58(53-27-15-7-16-28-53)39-59(42-63)54-29-17-8-18-30-54)71-46-62(74(80)81-50-51-23-11-5-12-24-51)47-72(73(71)77)79(70)64-43-60(55-31-19-9-20-32-55)40-61(44-64)56-33-21-10-22-34-56/h5,7-12,15-24,27-36,39-49,52H,6,13-14,25-26,37-38,50H2,1-4H3. The maximum Gasteiger partial charge on any atom is 0.338 e. The highest BCUT2D eigenvalue weighted by Gasteiger charge is 2.47. The van der Waals surface area contributed by atoms with Gasteiger partial charge in [-0.25, -0.2) is 4.79 Å². The first kappa shape index (κ1) is 50.5. The summed E-state index contributed by atoms with van der Waals surface area (Å²) in [6.45, 7) is 9.77. The Balaban J connectivity index is 1.10. The molecule has 0 saturated heterocycles. The SMILES string of the molecule is CC1(C)CCC(C)(C)c2cc3c(cc21)B1c2ccc(C4CCCCC4)cc2N(c2cc(-c4ccccc4)cc(-c4ccccc4)c2)c2cc(C(=O)OCc4ccccc4)cc(c21)N3c1cc(-c2ccccc2)cc(-c2ccccc2)c1. The molecule has 0 spiro atoms. The fraction of sp³-hybridized carbons (Fsp3) is 0.197. The molecule has 0 N–H and O–H groups in total. The van der Waals surface area contributed by atoms with Gasteiger partial charge in [-0.15, -0.1) is 0 Å². The number of fused-ring (bicyclic) bond motifs is 5. The first-order valence-electron chi connectivity index (χ1n) is 29.4. The van der Waals surface area contributed by atoms with Crippen LogP contribution in [0.3, 0.4) is 0 Å². The van der Waals surface area contributed by atoms with E-state index in [1.54, 1.807) is 0 Å². The summed E-state index contributed by atoms with van der Waals surface area (Å²) >= 11 is 0. The largest absolute Gasteiger partial charge is 0.457 e. The topological polar surface area (TPSA) is 32.8 Å². The van der Waals surface area contributed by atoms with E-state index in [1.165, 1.54) is 65.2 Å². The molecule has 81 heavy (non-hydrogen) atoms. The van der Waals surface area contributed by atoms with E-state index in [-0.39, 0.29) is 30.1 Å². The number of esters is 1. The minimum Gasteiger partial charge on any atom is -0.457 e. The van der Waals surface area contributed by atoms with Crippen molar-refractivity contribution in [2.75, 3.05) is 9.80 Å². The van der Waals surface area contributed by atoms with E-state index in [0.29, 0.717) is 11.5 Å². The van der Waals surface area contributed by atoms with Gasteiger partial charge >= 0.3 is 5.97 Å². The number of anilines is 6. The Morgan fingerprint density at radius 2 is 0.877 bits per heavy atom. The Bertz CT molecular complexity index is 3880. The molecule has 0 radical (unpaired) electrons. The van der Waals surface area contributed by atoms with Crippen molar-refractivity contribution in [3.63, 3.8) is 0 Å². The van der Waals surface area contributed by atoms with E-state index >= 15 is 4.79 Å². The van der Waals surface area contributed by atoms with E-state index in [1.807, 2.05) is 30.3 Å². The van der Waals surface area contributed by atoms with E-state index in [4.69, 9.17) is 4.74 Å². The average Bonchev–Trinajstić information content (AvgIpc) is 2.84. The quantitative estimate of drug-likeness (QED) is 0.101. The van der Waals surface area contributed by atoms with Crippen LogP contribution >= 0.6 is 0 Å². The van der Waals surface area contributed by atoms with Crippen molar-refractivity contribution in [1.82, 2.24) is 0 Å². The van der Waals surface area contributed by atoms with Gasteiger partial charge in [0, 0.05) is 34.1 Å². The van der Waals surface area contributed by atoms with Gasteiger partial charge in [0.25, 0.3) is 6.71 Å². The molecular formula is C76H67BN2O2. The number of carbonyl (C=O) groups excluding carboxylic acids is 1. The minimum atomic E-state index is -0.360. The molecule has 0 atom stereocenters. The molecule has 0 aromatic heterocycles. The molecule has 2 aliphatic carbocycles. The second-order valence-electron chi connectivity index (χ2n) is 24.5. The second kappa shape index (κ2) is 20.5. The maximum atomic E-state index is 15.4. The normalized spacial score (nSPS) is 15.7. The zero-order valence-electron chi connectivity index (χ0n) is 47.0. The zero-order chi connectivity index (χ0) is 54.8. The van der Waals surface area contributed by atoms with Gasteiger partial charge in [-0.05, 0) is 186 Å². The molecule has 14 rings (SSSR count). The van der Waals surface area contributed by atoms with Crippen molar-refractivity contribution in [2.45, 2.75) is 96.0 Å². The Labute approximate surface area is 478 Å². The molecule has 0 amide bonds. The summed E-state index contributed by atoms with van der Waals surface area (Å²) in [5.74, 6) is 0.110. The monoisotopic (exact) mass is 1050 g/mol. The lowest BCUT2D eigenvalue weighted by atomic mass is 9.33. The third-order valence-corrected chi connectivity index (χ3v) is 18.4. The molecule has 2 heterocycles. The summed E-state index contributed by atoms with van der Waals surface area (Å²) in [6.07, 6.45) is 8.33. The molecule has 10 aromatic rings. The molecule has 2 aliphatic heterocycles. The molecule has 10 aromatic carbocycles. The molecule has 0 bridgehead atoms. The molecule has 0 unspecified atom stereocenters. The highest BCUT2D eigenvalue weighted by atomic mass is 16.5. The van der Waals surface area contributed by atoms with Crippen LogP contribution in [0, 0.1) is 0 Å². The van der Waals surface area contributed by atoms with Gasteiger partial charge in [0.2, 0.25) is 0 Å². The Hall–Kier alpha value is -8.67. The van der Waals surface area contributed by atoms with Gasteiger partial charge in [-0.1, -0.05) is 217 Å². The van der Waals surface area contributed by atoms with Gasteiger partial charge in [0.15, 0.2) is 0 Å². The molecule has 5 heteroatoms. The van der Waals surface area contributed by atoms with Gasteiger partial charge in [0.05, 0.1) is 5.56 Å². The zero-order valence-corrected chi connectivity index (χ0v) is 47.0. The predicted molar refractivity (Wildman–Crippen MR) is 339 cm³/mol. The van der Waals surface area contributed by atoms with E-state index < -0.39 is 0 Å². The number of nitrogens with zero attached hydrogens (tertiary/aromatic N) is 2. The summed E-state index contributed by atoms with van der Waals surface area (Å²) in [7, 11) is 0. The molecule has 1 saturated carbocycles. The van der Waals surface area contributed by atoms with Crippen molar-refractivity contribution in [3.8, 4) is 44.5 Å². The highest BCUT2D eigenvalue weighted by Crippen LogP contribution is 2.52. The molecule has 1 fully saturated rings. The van der Waals surface area contributed by atoms with Crippen LogP contribution in [0.2, 0.25) is 0 Å². The van der Waals surface area contributed by atoms with Crippen molar-refractivity contribution in [1.29, 1.82) is 0 Å². The van der Waals surface area contributed by atoms with Crippen LogP contribution in [0.4, 0.5) is 34.1 Å². The highest BCUT2D eigenvalue weighted by molar-refractivity contribution is 7.00. The predicted octanol–water partition coefficient (Wildman–Crippen LogP) is 18.2. The average molecular weight is 1050 g/mol. The molecular weight excluding hydrogens is 984 g/mol. The smallest absolute Gasteiger partial charge is 0.338 e. The summed E-state index contributed by atoms with van der Waals surface area (Å²) in [6, 6.07) is 84.3. The number of hydrogen-bond donors (Lipinski definition) is 0. The third kappa shape index (κ3) is 9.27. The second-order valence-corrected chi connectivity index (χ2v) is 24.5. The Kier molecular flexibility index (Phi) is 12.8. The summed E-state index contributed by atoms with van der Waals surface area (Å²) in [5.41, 5.74) is 24.7. The number of ether oxygens (including phenoxy) is 1. The lowest BCUT2D eigenvalue weighted by molar-refractivity contribution is 0.0472. The fourth-order valence-electron chi connectivity index (χ4n) is 13.9. The minimum absolute atomic E-state index is 0.0476. The molecule has 4 aliphatic rings. The number of benzene rings is 10. The Morgan fingerprint density at radius 3 is 1.35 bits per heavy atom. The van der Waals surface area contributed by atoms with Gasteiger partial charge in [0.1, 0.15) is 6.61 Å². The summed E-state index contributed by atoms with van der Waals surface area (Å²) in [5, 5.41) is 0.